The highest BCUT2D eigenvalue weighted by molar-refractivity contribution is 7.99. The zero-order chi connectivity index (χ0) is 15.9. The van der Waals surface area contributed by atoms with Gasteiger partial charge in [-0.05, 0) is 37.1 Å². The van der Waals surface area contributed by atoms with E-state index in [4.69, 9.17) is 11.6 Å². The molecule has 2 aromatic rings. The molecule has 0 saturated carbocycles. The number of aryl methyl sites for hydroxylation is 2. The molecule has 1 amide bonds. The molecule has 2 rings (SSSR count). The van der Waals surface area contributed by atoms with Crippen LogP contribution in [-0.4, -0.2) is 11.7 Å². The van der Waals surface area contributed by atoms with Crippen molar-refractivity contribution in [2.45, 2.75) is 26.1 Å². The third kappa shape index (κ3) is 5.74. The molecular formula is C18H20ClNOS. The number of halogens is 1. The minimum atomic E-state index is 0.0596. The molecular weight excluding hydrogens is 314 g/mol. The van der Waals surface area contributed by atoms with Crippen LogP contribution in [0.3, 0.4) is 0 Å². The molecule has 1 N–H and O–H groups in total. The summed E-state index contributed by atoms with van der Waals surface area (Å²) in [5, 5.41) is 3.63. The quantitative estimate of drug-likeness (QED) is 0.842. The summed E-state index contributed by atoms with van der Waals surface area (Å²) in [6.07, 6.45) is 0. The Morgan fingerprint density at radius 2 is 1.68 bits per heavy atom. The van der Waals surface area contributed by atoms with Gasteiger partial charge < -0.3 is 5.32 Å². The summed E-state index contributed by atoms with van der Waals surface area (Å²) in [5.74, 6) is 1.39. The molecule has 0 fully saturated rings. The van der Waals surface area contributed by atoms with Gasteiger partial charge in [0.1, 0.15) is 0 Å². The van der Waals surface area contributed by atoms with Gasteiger partial charge in [-0.25, -0.2) is 0 Å². The largest absolute Gasteiger partial charge is 0.351 e. The second-order valence-electron chi connectivity index (χ2n) is 5.39. The van der Waals surface area contributed by atoms with Gasteiger partial charge in [-0.2, -0.15) is 0 Å². The van der Waals surface area contributed by atoms with E-state index >= 15 is 0 Å². The molecule has 0 aliphatic heterocycles. The van der Waals surface area contributed by atoms with Gasteiger partial charge in [-0.15, -0.1) is 11.8 Å². The van der Waals surface area contributed by atoms with Crippen LogP contribution < -0.4 is 5.32 Å². The van der Waals surface area contributed by atoms with Gasteiger partial charge in [0.25, 0.3) is 0 Å². The first-order chi connectivity index (χ1) is 10.5. The zero-order valence-corrected chi connectivity index (χ0v) is 14.4. The summed E-state index contributed by atoms with van der Waals surface area (Å²) in [6, 6.07) is 14.0. The minimum Gasteiger partial charge on any atom is -0.351 e. The first-order valence-corrected chi connectivity index (χ1v) is 8.72. The van der Waals surface area contributed by atoms with Gasteiger partial charge in [0, 0.05) is 17.3 Å². The Labute approximate surface area is 141 Å². The van der Waals surface area contributed by atoms with E-state index in [9.17, 15) is 4.79 Å². The number of rotatable bonds is 6. The van der Waals surface area contributed by atoms with E-state index < -0.39 is 0 Å². The van der Waals surface area contributed by atoms with Crippen LogP contribution in [0, 0.1) is 13.8 Å². The van der Waals surface area contributed by atoms with E-state index in [1.165, 1.54) is 16.7 Å². The Bertz CT molecular complexity index is 620. The monoisotopic (exact) mass is 333 g/mol. The second kappa shape index (κ2) is 8.25. The summed E-state index contributed by atoms with van der Waals surface area (Å²) in [4.78, 5) is 11.8. The Morgan fingerprint density at radius 3 is 2.32 bits per heavy atom. The molecule has 4 heteroatoms. The molecule has 0 unspecified atom stereocenters. The Morgan fingerprint density at radius 1 is 1.05 bits per heavy atom. The maximum atomic E-state index is 11.8. The molecule has 0 aliphatic rings. The maximum Gasteiger partial charge on any atom is 0.230 e. The lowest BCUT2D eigenvalue weighted by Crippen LogP contribution is -2.24. The van der Waals surface area contributed by atoms with Crippen LogP contribution in [-0.2, 0) is 17.1 Å². The molecule has 0 bridgehead atoms. The molecule has 0 atom stereocenters. The van der Waals surface area contributed by atoms with Crippen molar-refractivity contribution < 1.29 is 4.79 Å². The number of thioether (sulfide) groups is 1. The van der Waals surface area contributed by atoms with Crippen molar-refractivity contribution >= 4 is 29.3 Å². The Kier molecular flexibility index (Phi) is 6.34. The molecule has 22 heavy (non-hydrogen) atoms. The van der Waals surface area contributed by atoms with E-state index in [2.05, 4.69) is 37.4 Å². The van der Waals surface area contributed by atoms with E-state index in [-0.39, 0.29) is 5.91 Å². The fraction of sp³-hybridized carbons (Fsp3) is 0.278. The zero-order valence-electron chi connectivity index (χ0n) is 12.9. The van der Waals surface area contributed by atoms with Crippen LogP contribution in [0.4, 0.5) is 0 Å². The molecule has 0 saturated heterocycles. The fourth-order valence-corrected chi connectivity index (χ4v) is 3.19. The average molecular weight is 334 g/mol. The van der Waals surface area contributed by atoms with Crippen molar-refractivity contribution in [1.82, 2.24) is 5.32 Å². The molecule has 116 valence electrons. The number of hydrogen-bond acceptors (Lipinski definition) is 2. The van der Waals surface area contributed by atoms with Crippen molar-refractivity contribution in [2.75, 3.05) is 5.75 Å². The number of amides is 1. The van der Waals surface area contributed by atoms with Crippen LogP contribution in [0.5, 0.6) is 0 Å². The molecule has 0 aliphatic carbocycles. The van der Waals surface area contributed by atoms with Crippen molar-refractivity contribution in [3.63, 3.8) is 0 Å². The van der Waals surface area contributed by atoms with Gasteiger partial charge >= 0.3 is 0 Å². The van der Waals surface area contributed by atoms with Crippen LogP contribution in [0.15, 0.2) is 42.5 Å². The van der Waals surface area contributed by atoms with E-state index in [1.54, 1.807) is 11.8 Å². The van der Waals surface area contributed by atoms with Crippen molar-refractivity contribution in [3.05, 3.63) is 69.7 Å². The van der Waals surface area contributed by atoms with Crippen LogP contribution in [0.25, 0.3) is 0 Å². The average Bonchev–Trinajstić information content (AvgIpc) is 2.46. The predicted molar refractivity (Wildman–Crippen MR) is 95.4 cm³/mol. The van der Waals surface area contributed by atoms with Crippen molar-refractivity contribution in [1.29, 1.82) is 0 Å². The van der Waals surface area contributed by atoms with Gasteiger partial charge in [-0.1, -0.05) is 53.1 Å². The normalized spacial score (nSPS) is 10.5. The Balaban J connectivity index is 1.72. The first kappa shape index (κ1) is 16.9. The highest BCUT2D eigenvalue weighted by Crippen LogP contribution is 2.16. The predicted octanol–water partition coefficient (Wildman–Crippen LogP) is 4.51. The maximum absolute atomic E-state index is 11.8. The molecule has 0 heterocycles. The third-order valence-electron chi connectivity index (χ3n) is 3.19. The smallest absolute Gasteiger partial charge is 0.230 e. The molecule has 0 radical (unpaired) electrons. The van der Waals surface area contributed by atoms with Gasteiger partial charge in [0.15, 0.2) is 0 Å². The molecule has 0 aromatic heterocycles. The lowest BCUT2D eigenvalue weighted by molar-refractivity contribution is -0.118. The van der Waals surface area contributed by atoms with E-state index in [1.807, 2.05) is 24.3 Å². The first-order valence-electron chi connectivity index (χ1n) is 7.19. The summed E-state index contributed by atoms with van der Waals surface area (Å²) in [6.45, 7) is 4.74. The standard InChI is InChI=1S/C18H20ClNOS/c1-13-7-14(2)9-16(8-13)11-22-12-18(21)20-10-15-3-5-17(19)6-4-15/h3-9H,10-12H2,1-2H3,(H,20,21). The summed E-state index contributed by atoms with van der Waals surface area (Å²) >= 11 is 7.47. The number of nitrogens with one attached hydrogen (secondary N) is 1. The van der Waals surface area contributed by atoms with Crippen LogP contribution >= 0.6 is 23.4 Å². The highest BCUT2D eigenvalue weighted by atomic mass is 35.5. The number of carbonyl (C=O) groups excluding carboxylic acids is 1. The van der Waals surface area contributed by atoms with Crippen LogP contribution in [0.2, 0.25) is 5.02 Å². The van der Waals surface area contributed by atoms with Crippen molar-refractivity contribution in [2.24, 2.45) is 0 Å². The fourth-order valence-electron chi connectivity index (χ4n) is 2.27. The Hall–Kier alpha value is -1.45. The third-order valence-corrected chi connectivity index (χ3v) is 4.44. The summed E-state index contributed by atoms with van der Waals surface area (Å²) in [5.41, 5.74) is 4.86. The molecule has 0 spiro atoms. The van der Waals surface area contributed by atoms with Gasteiger partial charge in [0.2, 0.25) is 5.91 Å². The van der Waals surface area contributed by atoms with Crippen molar-refractivity contribution in [3.8, 4) is 0 Å². The van der Waals surface area contributed by atoms with E-state index in [0.29, 0.717) is 17.3 Å². The molecule has 2 aromatic carbocycles. The summed E-state index contributed by atoms with van der Waals surface area (Å²) < 4.78 is 0. The van der Waals surface area contributed by atoms with E-state index in [0.717, 1.165) is 11.3 Å². The number of carbonyl (C=O) groups is 1. The highest BCUT2D eigenvalue weighted by Gasteiger charge is 2.03. The van der Waals surface area contributed by atoms with Gasteiger partial charge in [0.05, 0.1) is 5.75 Å². The number of benzene rings is 2. The summed E-state index contributed by atoms with van der Waals surface area (Å²) in [7, 11) is 0. The number of hydrogen-bond donors (Lipinski definition) is 1. The second-order valence-corrected chi connectivity index (χ2v) is 6.81. The molecule has 2 nitrogen and oxygen atoms in total. The SMILES string of the molecule is Cc1cc(C)cc(CSCC(=O)NCc2ccc(Cl)cc2)c1. The lowest BCUT2D eigenvalue weighted by Gasteiger charge is -2.07. The lowest BCUT2D eigenvalue weighted by atomic mass is 10.1. The minimum absolute atomic E-state index is 0.0596. The van der Waals surface area contributed by atoms with Gasteiger partial charge in [-0.3, -0.25) is 4.79 Å². The van der Waals surface area contributed by atoms with Crippen LogP contribution in [0.1, 0.15) is 22.3 Å². The topological polar surface area (TPSA) is 29.1 Å².